The molecule has 0 fully saturated rings. The number of nitrogens with one attached hydrogen (secondary N) is 1. The van der Waals surface area contributed by atoms with Crippen LogP contribution in [0.4, 0.5) is 14.5 Å². The van der Waals surface area contributed by atoms with Crippen molar-refractivity contribution in [3.63, 3.8) is 0 Å². The lowest BCUT2D eigenvalue weighted by Gasteiger charge is -2.21. The lowest BCUT2D eigenvalue weighted by Crippen LogP contribution is -2.22. The second-order valence-corrected chi connectivity index (χ2v) is 4.41. The van der Waals surface area contributed by atoms with E-state index in [1.165, 1.54) is 4.90 Å². The molecule has 0 aliphatic heterocycles. The summed E-state index contributed by atoms with van der Waals surface area (Å²) in [6.45, 7) is 0.618. The van der Waals surface area contributed by atoms with E-state index in [1.807, 2.05) is 0 Å². The molecule has 0 heterocycles. The lowest BCUT2D eigenvalue weighted by atomic mass is 10.1. The molecule has 1 rings (SSSR count). The van der Waals surface area contributed by atoms with Crippen molar-refractivity contribution >= 4 is 11.5 Å². The molecule has 4 N–H and O–H groups in total. The van der Waals surface area contributed by atoms with Gasteiger partial charge in [0.2, 0.25) is 0 Å². The Balaban J connectivity index is 2.79. The Morgan fingerprint density at radius 3 is 2.32 bits per heavy atom. The molecule has 0 radical (unpaired) electrons. The van der Waals surface area contributed by atoms with Crippen molar-refractivity contribution in [2.75, 3.05) is 25.1 Å². The molecule has 0 aromatic heterocycles. The highest BCUT2D eigenvalue weighted by atomic mass is 19.1. The van der Waals surface area contributed by atoms with Crippen molar-refractivity contribution in [3.8, 4) is 0 Å². The fourth-order valence-corrected chi connectivity index (χ4v) is 1.84. The molecule has 6 heteroatoms. The Labute approximate surface area is 111 Å². The van der Waals surface area contributed by atoms with E-state index in [9.17, 15) is 8.78 Å². The van der Waals surface area contributed by atoms with Crippen LogP contribution in [0.25, 0.3) is 0 Å². The molecule has 0 amide bonds. The Morgan fingerprint density at radius 2 is 1.84 bits per heavy atom. The summed E-state index contributed by atoms with van der Waals surface area (Å²) in [7, 11) is 1.61. The summed E-state index contributed by atoms with van der Waals surface area (Å²) >= 11 is 0. The zero-order valence-electron chi connectivity index (χ0n) is 10.9. The number of benzene rings is 1. The summed E-state index contributed by atoms with van der Waals surface area (Å²) in [6.07, 6.45) is 2.22. The minimum Gasteiger partial charge on any atom is -0.396 e. The highest BCUT2D eigenvalue weighted by Crippen LogP contribution is 2.24. The van der Waals surface area contributed by atoms with Gasteiger partial charge in [0.25, 0.3) is 0 Å². The smallest absolute Gasteiger partial charge is 0.150 e. The van der Waals surface area contributed by atoms with Gasteiger partial charge in [0, 0.05) is 25.8 Å². The molecule has 0 aliphatic rings. The van der Waals surface area contributed by atoms with E-state index in [4.69, 9.17) is 16.2 Å². The summed E-state index contributed by atoms with van der Waals surface area (Å²) in [5.41, 5.74) is 5.12. The first-order valence-corrected chi connectivity index (χ1v) is 6.12. The van der Waals surface area contributed by atoms with Gasteiger partial charge in [-0.05, 0) is 31.4 Å². The molecule has 0 unspecified atom stereocenters. The standard InChI is InChI=1S/C13H19F2N3O/c1-18(5-3-2-4-6-19)12-10(14)7-9(13(16)17)8-11(12)15/h7-8,19H,2-6H2,1H3,(H3,16,17). The van der Waals surface area contributed by atoms with Crippen LogP contribution >= 0.6 is 0 Å². The number of nitrogens with zero attached hydrogens (tertiary/aromatic N) is 1. The number of anilines is 1. The first kappa shape index (κ1) is 15.4. The van der Waals surface area contributed by atoms with E-state index in [0.29, 0.717) is 13.0 Å². The molecular weight excluding hydrogens is 252 g/mol. The SMILES string of the molecule is CN(CCCCCO)c1c(F)cc(C(=N)N)cc1F. The van der Waals surface area contributed by atoms with E-state index in [2.05, 4.69) is 0 Å². The minimum absolute atomic E-state index is 0.0347. The fourth-order valence-electron chi connectivity index (χ4n) is 1.84. The Kier molecular flexibility index (Phi) is 5.69. The zero-order valence-corrected chi connectivity index (χ0v) is 10.9. The van der Waals surface area contributed by atoms with E-state index in [-0.39, 0.29) is 23.7 Å². The van der Waals surface area contributed by atoms with Gasteiger partial charge in [-0.2, -0.15) is 0 Å². The number of amidine groups is 1. The van der Waals surface area contributed by atoms with Gasteiger partial charge >= 0.3 is 0 Å². The second kappa shape index (κ2) is 7.04. The first-order valence-electron chi connectivity index (χ1n) is 6.12. The molecule has 0 bridgehead atoms. The molecular formula is C13H19F2N3O. The van der Waals surface area contributed by atoms with Crippen molar-refractivity contribution in [1.29, 1.82) is 5.41 Å². The maximum Gasteiger partial charge on any atom is 0.150 e. The van der Waals surface area contributed by atoms with Crippen LogP contribution in [0.3, 0.4) is 0 Å². The van der Waals surface area contributed by atoms with E-state index < -0.39 is 11.6 Å². The topological polar surface area (TPSA) is 73.3 Å². The van der Waals surface area contributed by atoms with Crippen LogP contribution in [0.5, 0.6) is 0 Å². The van der Waals surface area contributed by atoms with Crippen LogP contribution in [0.2, 0.25) is 0 Å². The predicted octanol–water partition coefficient (Wildman–Crippen LogP) is 1.85. The molecule has 4 nitrogen and oxygen atoms in total. The highest BCUT2D eigenvalue weighted by molar-refractivity contribution is 5.95. The third-order valence-corrected chi connectivity index (χ3v) is 2.86. The summed E-state index contributed by atoms with van der Waals surface area (Å²) < 4.78 is 27.6. The monoisotopic (exact) mass is 271 g/mol. The average molecular weight is 271 g/mol. The van der Waals surface area contributed by atoms with Crippen molar-refractivity contribution in [1.82, 2.24) is 0 Å². The first-order chi connectivity index (χ1) is 8.97. The van der Waals surface area contributed by atoms with Crippen molar-refractivity contribution in [3.05, 3.63) is 29.3 Å². The van der Waals surface area contributed by atoms with Crippen LogP contribution in [0.15, 0.2) is 12.1 Å². The molecule has 0 atom stereocenters. The normalized spacial score (nSPS) is 10.5. The minimum atomic E-state index is -0.727. The largest absolute Gasteiger partial charge is 0.396 e. The highest BCUT2D eigenvalue weighted by Gasteiger charge is 2.15. The summed E-state index contributed by atoms with van der Waals surface area (Å²) in [6, 6.07) is 2.12. The number of rotatable bonds is 7. The van der Waals surface area contributed by atoms with Crippen LogP contribution < -0.4 is 10.6 Å². The molecule has 19 heavy (non-hydrogen) atoms. The van der Waals surface area contributed by atoms with Gasteiger partial charge in [0.05, 0.1) is 0 Å². The number of unbranched alkanes of at least 4 members (excludes halogenated alkanes) is 2. The molecule has 0 saturated heterocycles. The second-order valence-electron chi connectivity index (χ2n) is 4.41. The van der Waals surface area contributed by atoms with Crippen molar-refractivity contribution in [2.24, 2.45) is 5.73 Å². The lowest BCUT2D eigenvalue weighted by molar-refractivity contribution is 0.283. The molecule has 1 aromatic carbocycles. The third kappa shape index (κ3) is 4.17. The molecule has 106 valence electrons. The van der Waals surface area contributed by atoms with Crippen LogP contribution in [0, 0.1) is 17.0 Å². The number of halogens is 2. The molecule has 0 saturated carbocycles. The number of hydrogen-bond donors (Lipinski definition) is 3. The van der Waals surface area contributed by atoms with Gasteiger partial charge in [0.15, 0.2) is 0 Å². The van der Waals surface area contributed by atoms with E-state index in [1.54, 1.807) is 7.05 Å². The maximum absolute atomic E-state index is 13.8. The van der Waals surface area contributed by atoms with E-state index in [0.717, 1.165) is 25.0 Å². The predicted molar refractivity (Wildman–Crippen MR) is 71.6 cm³/mol. The van der Waals surface area contributed by atoms with Gasteiger partial charge in [-0.15, -0.1) is 0 Å². The maximum atomic E-state index is 13.8. The number of hydrogen-bond acceptors (Lipinski definition) is 3. The molecule has 0 aliphatic carbocycles. The summed E-state index contributed by atoms with van der Waals surface area (Å²) in [5.74, 6) is -1.82. The number of aliphatic hydroxyl groups is 1. The zero-order chi connectivity index (χ0) is 14.4. The fraction of sp³-hybridized carbons (Fsp3) is 0.462. The summed E-state index contributed by atoms with van der Waals surface area (Å²) in [5, 5.41) is 15.8. The Hall–Kier alpha value is -1.69. The van der Waals surface area contributed by atoms with Gasteiger partial charge in [0.1, 0.15) is 23.2 Å². The van der Waals surface area contributed by atoms with Crippen molar-refractivity contribution in [2.45, 2.75) is 19.3 Å². The molecule has 0 spiro atoms. The Morgan fingerprint density at radius 1 is 1.26 bits per heavy atom. The van der Waals surface area contributed by atoms with Gasteiger partial charge in [-0.25, -0.2) is 8.78 Å². The van der Waals surface area contributed by atoms with Crippen LogP contribution in [0.1, 0.15) is 24.8 Å². The Bertz CT molecular complexity index is 429. The average Bonchev–Trinajstić information content (AvgIpc) is 2.33. The van der Waals surface area contributed by atoms with Gasteiger partial charge in [-0.1, -0.05) is 0 Å². The number of aliphatic hydroxyl groups excluding tert-OH is 1. The van der Waals surface area contributed by atoms with Crippen molar-refractivity contribution < 1.29 is 13.9 Å². The van der Waals surface area contributed by atoms with Crippen LogP contribution in [-0.4, -0.2) is 31.1 Å². The van der Waals surface area contributed by atoms with Gasteiger partial charge < -0.3 is 15.7 Å². The third-order valence-electron chi connectivity index (χ3n) is 2.86. The quantitative estimate of drug-likeness (QED) is 0.402. The number of nitrogens with two attached hydrogens (primary N) is 1. The summed E-state index contributed by atoms with van der Waals surface area (Å²) in [4.78, 5) is 1.49. The number of nitrogen functional groups attached to an aromatic ring is 1. The van der Waals surface area contributed by atoms with Gasteiger partial charge in [-0.3, -0.25) is 5.41 Å². The van der Waals surface area contributed by atoms with Crippen LogP contribution in [-0.2, 0) is 0 Å². The molecule has 1 aromatic rings. The van der Waals surface area contributed by atoms with E-state index >= 15 is 0 Å².